The molecule has 2 nitrogen and oxygen atoms in total. The first-order chi connectivity index (χ1) is 9.56. The molecule has 0 aliphatic carbocycles. The molecule has 0 amide bonds. The fourth-order valence-electron chi connectivity index (χ4n) is 2.33. The number of hydrogen-bond acceptors (Lipinski definition) is 2. The van der Waals surface area contributed by atoms with Crippen LogP contribution in [-0.2, 0) is 19.5 Å². The maximum absolute atomic E-state index is 5.87. The van der Waals surface area contributed by atoms with E-state index in [9.17, 15) is 0 Å². The average Bonchev–Trinajstić information content (AvgIpc) is 2.38. The molecule has 0 bridgehead atoms. The molecule has 106 valence electrons. The predicted octanol–water partition coefficient (Wildman–Crippen LogP) is 4.23. The lowest BCUT2D eigenvalue weighted by molar-refractivity contribution is 0.319. The molecule has 0 unspecified atom stereocenters. The standard InChI is InChI=1S/C17H21BrN2/c1-3-13-4-6-14(7-5-13)11-20(2)12-15-8-16(18)10-17(19)9-15/h4-10H,3,11-12,19H2,1-2H3. The predicted molar refractivity (Wildman–Crippen MR) is 89.5 cm³/mol. The first kappa shape index (κ1) is 15.1. The van der Waals surface area contributed by atoms with Gasteiger partial charge in [0.15, 0.2) is 0 Å². The largest absolute Gasteiger partial charge is 0.399 e. The zero-order chi connectivity index (χ0) is 14.5. The number of nitrogen functional groups attached to an aromatic ring is 1. The van der Waals surface area contributed by atoms with Crippen molar-refractivity contribution in [2.24, 2.45) is 0 Å². The van der Waals surface area contributed by atoms with E-state index in [1.165, 1.54) is 16.7 Å². The molecular weight excluding hydrogens is 312 g/mol. The first-order valence-electron chi connectivity index (χ1n) is 6.88. The van der Waals surface area contributed by atoms with Crippen molar-refractivity contribution in [3.8, 4) is 0 Å². The summed E-state index contributed by atoms with van der Waals surface area (Å²) in [6.45, 7) is 4.01. The summed E-state index contributed by atoms with van der Waals surface area (Å²) in [6, 6.07) is 14.9. The molecule has 2 aromatic carbocycles. The van der Waals surface area contributed by atoms with Gasteiger partial charge in [0, 0.05) is 23.2 Å². The van der Waals surface area contributed by atoms with Gasteiger partial charge in [-0.05, 0) is 48.4 Å². The molecule has 0 heterocycles. The molecule has 0 fully saturated rings. The Morgan fingerprint density at radius 1 is 0.950 bits per heavy atom. The summed E-state index contributed by atoms with van der Waals surface area (Å²) in [4.78, 5) is 2.29. The van der Waals surface area contributed by atoms with Crippen molar-refractivity contribution in [2.45, 2.75) is 26.4 Å². The van der Waals surface area contributed by atoms with Crippen LogP contribution in [0.15, 0.2) is 46.9 Å². The zero-order valence-corrected chi connectivity index (χ0v) is 13.7. The molecule has 0 spiro atoms. The van der Waals surface area contributed by atoms with E-state index in [2.05, 4.69) is 65.1 Å². The molecule has 0 atom stereocenters. The lowest BCUT2D eigenvalue weighted by Gasteiger charge is -2.17. The second kappa shape index (κ2) is 6.91. The van der Waals surface area contributed by atoms with Gasteiger partial charge >= 0.3 is 0 Å². The van der Waals surface area contributed by atoms with E-state index in [-0.39, 0.29) is 0 Å². The van der Waals surface area contributed by atoms with Gasteiger partial charge in [-0.1, -0.05) is 47.1 Å². The molecule has 0 aliphatic rings. The second-order valence-electron chi connectivity index (χ2n) is 5.24. The molecule has 20 heavy (non-hydrogen) atoms. The third-order valence-electron chi connectivity index (χ3n) is 3.32. The van der Waals surface area contributed by atoms with E-state index < -0.39 is 0 Å². The van der Waals surface area contributed by atoms with Crippen molar-refractivity contribution in [1.82, 2.24) is 4.90 Å². The third kappa shape index (κ3) is 4.36. The normalized spacial score (nSPS) is 11.0. The molecule has 0 saturated carbocycles. The van der Waals surface area contributed by atoms with Crippen molar-refractivity contribution in [3.63, 3.8) is 0 Å². The number of nitrogens with zero attached hydrogens (tertiary/aromatic N) is 1. The van der Waals surface area contributed by atoms with Gasteiger partial charge < -0.3 is 5.73 Å². The van der Waals surface area contributed by atoms with Crippen LogP contribution in [0.4, 0.5) is 5.69 Å². The van der Waals surface area contributed by atoms with Gasteiger partial charge in [-0.2, -0.15) is 0 Å². The molecule has 0 aliphatic heterocycles. The highest BCUT2D eigenvalue weighted by Crippen LogP contribution is 2.19. The van der Waals surface area contributed by atoms with Gasteiger partial charge in [-0.15, -0.1) is 0 Å². The zero-order valence-electron chi connectivity index (χ0n) is 12.1. The van der Waals surface area contributed by atoms with Crippen LogP contribution >= 0.6 is 15.9 Å². The number of aryl methyl sites for hydroxylation is 1. The highest BCUT2D eigenvalue weighted by molar-refractivity contribution is 9.10. The van der Waals surface area contributed by atoms with E-state index in [4.69, 9.17) is 5.73 Å². The van der Waals surface area contributed by atoms with Crippen LogP contribution in [0.1, 0.15) is 23.6 Å². The maximum atomic E-state index is 5.87. The number of halogens is 1. The van der Waals surface area contributed by atoms with Gasteiger partial charge in [0.25, 0.3) is 0 Å². The van der Waals surface area contributed by atoms with Gasteiger partial charge in [0.2, 0.25) is 0 Å². The number of anilines is 1. The summed E-state index contributed by atoms with van der Waals surface area (Å²) < 4.78 is 1.04. The van der Waals surface area contributed by atoms with Gasteiger partial charge in [0.05, 0.1) is 0 Å². The lowest BCUT2D eigenvalue weighted by atomic mass is 10.1. The molecule has 2 rings (SSSR count). The lowest BCUT2D eigenvalue weighted by Crippen LogP contribution is -2.17. The van der Waals surface area contributed by atoms with Crippen molar-refractivity contribution in [2.75, 3.05) is 12.8 Å². The fraction of sp³-hybridized carbons (Fsp3) is 0.294. The van der Waals surface area contributed by atoms with E-state index in [0.29, 0.717) is 0 Å². The summed E-state index contributed by atoms with van der Waals surface area (Å²) in [7, 11) is 2.13. The summed E-state index contributed by atoms with van der Waals surface area (Å²) in [6.07, 6.45) is 1.09. The average molecular weight is 333 g/mol. The number of hydrogen-bond donors (Lipinski definition) is 1. The minimum atomic E-state index is 0.801. The van der Waals surface area contributed by atoms with Crippen LogP contribution in [0.25, 0.3) is 0 Å². The Morgan fingerprint density at radius 2 is 1.55 bits per heavy atom. The van der Waals surface area contributed by atoms with Gasteiger partial charge in [-0.25, -0.2) is 0 Å². The number of rotatable bonds is 5. The Morgan fingerprint density at radius 3 is 2.15 bits per heavy atom. The van der Waals surface area contributed by atoms with Crippen LogP contribution in [0.5, 0.6) is 0 Å². The quantitative estimate of drug-likeness (QED) is 0.830. The maximum Gasteiger partial charge on any atom is 0.0328 e. The highest BCUT2D eigenvalue weighted by atomic mass is 79.9. The summed E-state index contributed by atoms with van der Waals surface area (Å²) in [5.74, 6) is 0. The summed E-state index contributed by atoms with van der Waals surface area (Å²) in [5.41, 5.74) is 10.6. The molecule has 0 saturated heterocycles. The van der Waals surface area contributed by atoms with Crippen LogP contribution in [-0.4, -0.2) is 11.9 Å². The SMILES string of the molecule is CCc1ccc(CN(C)Cc2cc(N)cc(Br)c2)cc1. The Bertz CT molecular complexity index is 543. The van der Waals surface area contributed by atoms with Gasteiger partial charge in [0.1, 0.15) is 0 Å². The molecule has 0 aromatic heterocycles. The van der Waals surface area contributed by atoms with Crippen LogP contribution in [0.3, 0.4) is 0 Å². The third-order valence-corrected chi connectivity index (χ3v) is 3.77. The van der Waals surface area contributed by atoms with E-state index >= 15 is 0 Å². The van der Waals surface area contributed by atoms with Crippen LogP contribution in [0, 0.1) is 0 Å². The summed E-state index contributed by atoms with van der Waals surface area (Å²) >= 11 is 3.49. The second-order valence-corrected chi connectivity index (χ2v) is 6.15. The fourth-order valence-corrected chi connectivity index (χ4v) is 2.88. The Hall–Kier alpha value is -1.32. The first-order valence-corrected chi connectivity index (χ1v) is 7.67. The van der Waals surface area contributed by atoms with E-state index in [1.807, 2.05) is 12.1 Å². The molecular formula is C17H21BrN2. The monoisotopic (exact) mass is 332 g/mol. The van der Waals surface area contributed by atoms with Crippen LogP contribution < -0.4 is 5.73 Å². The van der Waals surface area contributed by atoms with Crippen molar-refractivity contribution >= 4 is 21.6 Å². The van der Waals surface area contributed by atoms with Crippen molar-refractivity contribution < 1.29 is 0 Å². The van der Waals surface area contributed by atoms with Crippen molar-refractivity contribution in [1.29, 1.82) is 0 Å². The Labute approximate surface area is 129 Å². The molecule has 2 aromatic rings. The smallest absolute Gasteiger partial charge is 0.0328 e. The van der Waals surface area contributed by atoms with Gasteiger partial charge in [-0.3, -0.25) is 4.90 Å². The molecule has 3 heteroatoms. The van der Waals surface area contributed by atoms with E-state index in [1.54, 1.807) is 0 Å². The number of benzene rings is 2. The topological polar surface area (TPSA) is 29.3 Å². The number of nitrogens with two attached hydrogens (primary N) is 1. The van der Waals surface area contributed by atoms with Crippen molar-refractivity contribution in [3.05, 3.63) is 63.6 Å². The Kier molecular flexibility index (Phi) is 5.21. The highest BCUT2D eigenvalue weighted by Gasteiger charge is 2.04. The minimum absolute atomic E-state index is 0.801. The molecule has 0 radical (unpaired) electrons. The Balaban J connectivity index is 1.98. The van der Waals surface area contributed by atoms with Crippen LogP contribution in [0.2, 0.25) is 0 Å². The molecule has 2 N–H and O–H groups in total. The minimum Gasteiger partial charge on any atom is -0.399 e. The van der Waals surface area contributed by atoms with E-state index in [0.717, 1.165) is 29.7 Å². The summed E-state index contributed by atoms with van der Waals surface area (Å²) in [5, 5.41) is 0.